The Hall–Kier alpha value is -1.55. The first-order valence-corrected chi connectivity index (χ1v) is 7.17. The fourth-order valence-electron chi connectivity index (χ4n) is 2.15. The van der Waals surface area contributed by atoms with Gasteiger partial charge in [0.25, 0.3) is 0 Å². The van der Waals surface area contributed by atoms with Crippen LogP contribution >= 0.6 is 0 Å². The highest BCUT2D eigenvalue weighted by Gasteiger charge is 2.17. The number of benzene rings is 1. The molecule has 0 saturated heterocycles. The highest BCUT2D eigenvalue weighted by Crippen LogP contribution is 2.12. The second kappa shape index (κ2) is 8.59. The molecule has 1 rings (SSSR count). The zero-order chi connectivity index (χ0) is 15.0. The molecule has 4 nitrogen and oxygen atoms in total. The van der Waals surface area contributed by atoms with Gasteiger partial charge in [0, 0.05) is 13.1 Å². The zero-order valence-electron chi connectivity index (χ0n) is 12.7. The molecule has 0 radical (unpaired) electrons. The Morgan fingerprint density at radius 2 is 1.95 bits per heavy atom. The van der Waals surface area contributed by atoms with Crippen molar-refractivity contribution in [2.75, 3.05) is 20.2 Å². The molecule has 1 atom stereocenters. The summed E-state index contributed by atoms with van der Waals surface area (Å²) in [7, 11) is 1.65. The van der Waals surface area contributed by atoms with Gasteiger partial charge in [-0.15, -0.1) is 0 Å². The number of rotatable bonds is 8. The number of methoxy groups -OCH3 is 1. The summed E-state index contributed by atoms with van der Waals surface area (Å²) in [6, 6.07) is 7.89. The molecule has 0 bridgehead atoms. The highest BCUT2D eigenvalue weighted by atomic mass is 16.5. The van der Waals surface area contributed by atoms with Crippen LogP contribution in [0.5, 0.6) is 5.75 Å². The van der Waals surface area contributed by atoms with Gasteiger partial charge in [-0.25, -0.2) is 0 Å². The van der Waals surface area contributed by atoms with Crippen LogP contribution in [0.2, 0.25) is 0 Å². The molecule has 1 unspecified atom stereocenters. The number of nitrogens with two attached hydrogens (primary N) is 1. The zero-order valence-corrected chi connectivity index (χ0v) is 12.7. The van der Waals surface area contributed by atoms with E-state index in [1.54, 1.807) is 7.11 Å². The summed E-state index contributed by atoms with van der Waals surface area (Å²) in [5, 5.41) is 2.97. The number of amides is 1. The van der Waals surface area contributed by atoms with Crippen molar-refractivity contribution in [1.29, 1.82) is 0 Å². The van der Waals surface area contributed by atoms with Crippen LogP contribution < -0.4 is 15.8 Å². The normalized spacial score (nSPS) is 12.2. The first-order valence-electron chi connectivity index (χ1n) is 7.17. The molecule has 0 saturated carbocycles. The van der Waals surface area contributed by atoms with Gasteiger partial charge in [-0.3, -0.25) is 4.79 Å². The second-order valence-electron chi connectivity index (χ2n) is 5.45. The molecule has 3 N–H and O–H groups in total. The van der Waals surface area contributed by atoms with Gasteiger partial charge in [-0.1, -0.05) is 26.0 Å². The average molecular weight is 278 g/mol. The van der Waals surface area contributed by atoms with Gasteiger partial charge in [-0.05, 0) is 36.5 Å². The Bertz CT molecular complexity index is 401. The van der Waals surface area contributed by atoms with Gasteiger partial charge in [-0.2, -0.15) is 0 Å². The monoisotopic (exact) mass is 278 g/mol. The summed E-state index contributed by atoms with van der Waals surface area (Å²) in [4.78, 5) is 12.0. The first-order chi connectivity index (χ1) is 9.56. The van der Waals surface area contributed by atoms with Crippen LogP contribution in [0.4, 0.5) is 0 Å². The van der Waals surface area contributed by atoms with Crippen molar-refractivity contribution in [3.8, 4) is 5.75 Å². The Morgan fingerprint density at radius 1 is 1.30 bits per heavy atom. The Labute approximate surface area is 121 Å². The molecule has 1 amide bonds. The lowest BCUT2D eigenvalue weighted by molar-refractivity contribution is -0.125. The first kappa shape index (κ1) is 16.5. The van der Waals surface area contributed by atoms with Crippen molar-refractivity contribution in [3.63, 3.8) is 0 Å². The Balaban J connectivity index is 2.36. The summed E-state index contributed by atoms with van der Waals surface area (Å²) >= 11 is 0. The molecular formula is C16H26N2O2. The maximum Gasteiger partial charge on any atom is 0.224 e. The highest BCUT2D eigenvalue weighted by molar-refractivity contribution is 5.78. The van der Waals surface area contributed by atoms with E-state index in [2.05, 4.69) is 19.2 Å². The molecule has 1 aromatic rings. The minimum Gasteiger partial charge on any atom is -0.497 e. The second-order valence-corrected chi connectivity index (χ2v) is 5.45. The van der Waals surface area contributed by atoms with E-state index in [0.717, 1.165) is 18.6 Å². The quantitative estimate of drug-likeness (QED) is 0.764. The van der Waals surface area contributed by atoms with Crippen LogP contribution in [0, 0.1) is 11.8 Å². The lowest BCUT2D eigenvalue weighted by Crippen LogP contribution is -2.36. The number of nitrogens with one attached hydrogen (secondary N) is 1. The van der Waals surface area contributed by atoms with E-state index in [-0.39, 0.29) is 11.8 Å². The smallest absolute Gasteiger partial charge is 0.224 e. The minimum atomic E-state index is -0.0779. The summed E-state index contributed by atoms with van der Waals surface area (Å²) < 4.78 is 5.11. The third-order valence-electron chi connectivity index (χ3n) is 3.28. The van der Waals surface area contributed by atoms with Crippen LogP contribution in [0.1, 0.15) is 25.8 Å². The Kier molecular flexibility index (Phi) is 7.09. The molecule has 0 spiro atoms. The topological polar surface area (TPSA) is 64.3 Å². The van der Waals surface area contributed by atoms with E-state index in [4.69, 9.17) is 10.5 Å². The van der Waals surface area contributed by atoms with Crippen molar-refractivity contribution in [2.24, 2.45) is 17.6 Å². The number of hydrogen-bond donors (Lipinski definition) is 2. The van der Waals surface area contributed by atoms with Crippen molar-refractivity contribution >= 4 is 5.91 Å². The molecule has 0 aliphatic rings. The molecule has 20 heavy (non-hydrogen) atoms. The van der Waals surface area contributed by atoms with Gasteiger partial charge >= 0.3 is 0 Å². The third kappa shape index (κ3) is 5.61. The predicted molar refractivity (Wildman–Crippen MR) is 81.7 cm³/mol. The maximum absolute atomic E-state index is 12.0. The average Bonchev–Trinajstić information content (AvgIpc) is 2.45. The Morgan fingerprint density at radius 3 is 2.45 bits per heavy atom. The van der Waals surface area contributed by atoms with E-state index in [1.807, 2.05) is 24.3 Å². The van der Waals surface area contributed by atoms with E-state index in [1.165, 1.54) is 5.56 Å². The molecule has 0 aliphatic carbocycles. The van der Waals surface area contributed by atoms with Crippen molar-refractivity contribution in [2.45, 2.75) is 26.7 Å². The molecular weight excluding hydrogens is 252 g/mol. The number of ether oxygens (including phenoxy) is 1. The van der Waals surface area contributed by atoms with Gasteiger partial charge in [0.15, 0.2) is 0 Å². The van der Waals surface area contributed by atoms with Crippen molar-refractivity contribution in [3.05, 3.63) is 29.8 Å². The largest absolute Gasteiger partial charge is 0.497 e. The van der Waals surface area contributed by atoms with Crippen LogP contribution in [0.15, 0.2) is 24.3 Å². The summed E-state index contributed by atoms with van der Waals surface area (Å²) in [6.45, 7) is 5.26. The molecule has 4 heteroatoms. The summed E-state index contributed by atoms with van der Waals surface area (Å²) in [5.41, 5.74) is 6.84. The lowest BCUT2D eigenvalue weighted by Gasteiger charge is -2.16. The number of carbonyl (C=O) groups is 1. The van der Waals surface area contributed by atoms with Crippen LogP contribution in [0.25, 0.3) is 0 Å². The maximum atomic E-state index is 12.0. The fourth-order valence-corrected chi connectivity index (χ4v) is 2.15. The SMILES string of the molecule is COc1ccc(CCNC(=O)C(CN)CC(C)C)cc1. The van der Waals surface area contributed by atoms with Gasteiger partial charge in [0.05, 0.1) is 13.0 Å². The third-order valence-corrected chi connectivity index (χ3v) is 3.28. The lowest BCUT2D eigenvalue weighted by atomic mass is 9.96. The molecule has 0 heterocycles. The molecule has 0 aliphatic heterocycles. The fraction of sp³-hybridized carbons (Fsp3) is 0.562. The van der Waals surface area contributed by atoms with Gasteiger partial charge in [0.1, 0.15) is 5.75 Å². The van der Waals surface area contributed by atoms with Crippen molar-refractivity contribution in [1.82, 2.24) is 5.32 Å². The molecule has 0 fully saturated rings. The van der Waals surface area contributed by atoms with E-state index < -0.39 is 0 Å². The van der Waals surface area contributed by atoms with E-state index in [9.17, 15) is 4.79 Å². The van der Waals surface area contributed by atoms with Crippen LogP contribution in [-0.4, -0.2) is 26.1 Å². The minimum absolute atomic E-state index is 0.0645. The predicted octanol–water partition coefficient (Wildman–Crippen LogP) is 1.97. The van der Waals surface area contributed by atoms with Gasteiger partial charge in [0.2, 0.25) is 5.91 Å². The van der Waals surface area contributed by atoms with E-state index in [0.29, 0.717) is 19.0 Å². The molecule has 1 aromatic carbocycles. The number of carbonyl (C=O) groups excluding carboxylic acids is 1. The van der Waals surface area contributed by atoms with Crippen LogP contribution in [-0.2, 0) is 11.2 Å². The molecule has 112 valence electrons. The standard InChI is InChI=1S/C16H26N2O2/c1-12(2)10-14(11-17)16(19)18-9-8-13-4-6-15(20-3)7-5-13/h4-7,12,14H,8-11,17H2,1-3H3,(H,18,19). The summed E-state index contributed by atoms with van der Waals surface area (Å²) in [6.07, 6.45) is 1.65. The van der Waals surface area contributed by atoms with Gasteiger partial charge < -0.3 is 15.8 Å². The summed E-state index contributed by atoms with van der Waals surface area (Å²) in [5.74, 6) is 1.31. The van der Waals surface area contributed by atoms with Crippen LogP contribution in [0.3, 0.4) is 0 Å². The van der Waals surface area contributed by atoms with Crippen molar-refractivity contribution < 1.29 is 9.53 Å². The van der Waals surface area contributed by atoms with E-state index >= 15 is 0 Å². The molecule has 0 aromatic heterocycles. The number of hydrogen-bond acceptors (Lipinski definition) is 3.